The standard InChI is InChI=1S/C21H17Cl2N3OS/c1-3-26-18-7-5-4-6-14(18)12(2)19(26)20(27)25-21-24-17(11-28-21)15-9-8-13(22)10-16(15)23/h4-11H,3H2,1-2H3,(H,24,25,27). The molecule has 0 saturated heterocycles. The lowest BCUT2D eigenvalue weighted by atomic mass is 10.1. The second kappa shape index (κ2) is 7.59. The lowest BCUT2D eigenvalue weighted by Gasteiger charge is -2.08. The molecule has 2 aromatic heterocycles. The van der Waals surface area contributed by atoms with Gasteiger partial charge >= 0.3 is 0 Å². The quantitative estimate of drug-likeness (QED) is 0.394. The normalized spacial score (nSPS) is 11.1. The van der Waals surface area contributed by atoms with Crippen molar-refractivity contribution in [2.24, 2.45) is 0 Å². The third-order valence-electron chi connectivity index (χ3n) is 4.69. The van der Waals surface area contributed by atoms with Crippen LogP contribution in [0.1, 0.15) is 23.0 Å². The number of carbonyl (C=O) groups excluding carboxylic acids is 1. The predicted molar refractivity (Wildman–Crippen MR) is 118 cm³/mol. The van der Waals surface area contributed by atoms with Crippen LogP contribution in [0.2, 0.25) is 10.0 Å². The highest BCUT2D eigenvalue weighted by Gasteiger charge is 2.20. The summed E-state index contributed by atoms with van der Waals surface area (Å²) in [4.78, 5) is 17.6. The zero-order valence-electron chi connectivity index (χ0n) is 15.3. The molecular weight excluding hydrogens is 413 g/mol. The molecule has 1 amide bonds. The van der Waals surface area contributed by atoms with E-state index >= 15 is 0 Å². The fourth-order valence-electron chi connectivity index (χ4n) is 3.41. The number of aryl methyl sites for hydroxylation is 2. The fourth-order valence-corrected chi connectivity index (χ4v) is 4.62. The largest absolute Gasteiger partial charge is 0.337 e. The molecule has 2 aromatic carbocycles. The van der Waals surface area contributed by atoms with Crippen LogP contribution < -0.4 is 5.32 Å². The van der Waals surface area contributed by atoms with E-state index in [0.717, 1.165) is 22.0 Å². The molecule has 0 unspecified atom stereocenters. The second-order valence-electron chi connectivity index (χ2n) is 6.35. The molecule has 1 N–H and O–H groups in total. The van der Waals surface area contributed by atoms with Gasteiger partial charge in [0.25, 0.3) is 5.91 Å². The Morgan fingerprint density at radius 3 is 2.75 bits per heavy atom. The van der Waals surface area contributed by atoms with E-state index in [1.807, 2.05) is 54.1 Å². The monoisotopic (exact) mass is 429 g/mol. The summed E-state index contributed by atoms with van der Waals surface area (Å²) in [6.07, 6.45) is 0. The molecule has 4 nitrogen and oxygen atoms in total. The van der Waals surface area contributed by atoms with Gasteiger partial charge in [-0.1, -0.05) is 41.4 Å². The number of rotatable bonds is 4. The molecule has 0 atom stereocenters. The number of nitrogens with zero attached hydrogens (tertiary/aromatic N) is 2. The van der Waals surface area contributed by atoms with Gasteiger partial charge in [0.1, 0.15) is 5.69 Å². The molecule has 142 valence electrons. The average molecular weight is 430 g/mol. The Morgan fingerprint density at radius 2 is 2.00 bits per heavy atom. The molecule has 0 fully saturated rings. The third kappa shape index (κ3) is 3.30. The van der Waals surface area contributed by atoms with Crippen LogP contribution in [0, 0.1) is 6.92 Å². The molecule has 0 aliphatic heterocycles. The van der Waals surface area contributed by atoms with Gasteiger partial charge in [-0.05, 0) is 43.7 Å². The number of hydrogen-bond acceptors (Lipinski definition) is 3. The van der Waals surface area contributed by atoms with Gasteiger partial charge in [-0.15, -0.1) is 11.3 Å². The van der Waals surface area contributed by atoms with Crippen LogP contribution in [0.15, 0.2) is 47.8 Å². The lowest BCUT2D eigenvalue weighted by molar-refractivity contribution is 0.101. The first-order valence-electron chi connectivity index (χ1n) is 8.79. The lowest BCUT2D eigenvalue weighted by Crippen LogP contribution is -2.17. The molecule has 0 saturated carbocycles. The molecule has 28 heavy (non-hydrogen) atoms. The van der Waals surface area contributed by atoms with Gasteiger partial charge in [0.2, 0.25) is 0 Å². The van der Waals surface area contributed by atoms with Crippen molar-refractivity contribution in [2.75, 3.05) is 5.32 Å². The summed E-state index contributed by atoms with van der Waals surface area (Å²) in [6, 6.07) is 13.3. The van der Waals surface area contributed by atoms with Gasteiger partial charge in [-0.25, -0.2) is 4.98 Å². The van der Waals surface area contributed by atoms with Crippen molar-refractivity contribution in [3.05, 3.63) is 69.1 Å². The number of thiazole rings is 1. The number of para-hydroxylation sites is 1. The number of carbonyl (C=O) groups is 1. The first-order valence-corrected chi connectivity index (χ1v) is 10.4. The van der Waals surface area contributed by atoms with E-state index in [1.54, 1.807) is 12.1 Å². The summed E-state index contributed by atoms with van der Waals surface area (Å²) in [7, 11) is 0. The zero-order chi connectivity index (χ0) is 19.8. The van der Waals surface area contributed by atoms with Crippen LogP contribution in [0.3, 0.4) is 0 Å². The van der Waals surface area contributed by atoms with E-state index in [1.165, 1.54) is 11.3 Å². The number of aromatic nitrogens is 2. The Balaban J connectivity index is 1.66. The highest BCUT2D eigenvalue weighted by molar-refractivity contribution is 7.14. The number of fused-ring (bicyclic) bond motifs is 1. The Labute approximate surface area is 176 Å². The summed E-state index contributed by atoms with van der Waals surface area (Å²) in [5, 5.41) is 7.51. The SMILES string of the molecule is CCn1c(C(=O)Nc2nc(-c3ccc(Cl)cc3Cl)cs2)c(C)c2ccccc21. The predicted octanol–water partition coefficient (Wildman–Crippen LogP) is 6.65. The summed E-state index contributed by atoms with van der Waals surface area (Å²) >= 11 is 13.6. The third-order valence-corrected chi connectivity index (χ3v) is 5.99. The van der Waals surface area contributed by atoms with Crippen LogP contribution in [0.5, 0.6) is 0 Å². The van der Waals surface area contributed by atoms with Crippen LogP contribution in [0.25, 0.3) is 22.2 Å². The maximum Gasteiger partial charge on any atom is 0.274 e. The summed E-state index contributed by atoms with van der Waals surface area (Å²) in [5.41, 5.74) is 4.16. The summed E-state index contributed by atoms with van der Waals surface area (Å²) < 4.78 is 2.03. The van der Waals surface area contributed by atoms with Crippen molar-refractivity contribution < 1.29 is 4.79 Å². The highest BCUT2D eigenvalue weighted by Crippen LogP contribution is 2.33. The summed E-state index contributed by atoms with van der Waals surface area (Å²) in [6.45, 7) is 4.72. The topological polar surface area (TPSA) is 46.9 Å². The van der Waals surface area contributed by atoms with Gasteiger partial charge in [0.15, 0.2) is 5.13 Å². The molecule has 0 radical (unpaired) electrons. The first kappa shape index (κ1) is 19.0. The van der Waals surface area contributed by atoms with Crippen molar-refractivity contribution in [2.45, 2.75) is 20.4 Å². The van der Waals surface area contributed by atoms with Crippen molar-refractivity contribution in [3.63, 3.8) is 0 Å². The van der Waals surface area contributed by atoms with E-state index in [0.29, 0.717) is 33.1 Å². The Bertz CT molecular complexity index is 1200. The molecule has 4 rings (SSSR count). The smallest absolute Gasteiger partial charge is 0.274 e. The highest BCUT2D eigenvalue weighted by atomic mass is 35.5. The minimum atomic E-state index is -0.168. The Kier molecular flexibility index (Phi) is 5.15. The van der Waals surface area contributed by atoms with Crippen molar-refractivity contribution in [3.8, 4) is 11.3 Å². The Hall–Kier alpha value is -2.34. The van der Waals surface area contributed by atoms with E-state index < -0.39 is 0 Å². The van der Waals surface area contributed by atoms with Gasteiger partial charge in [-0.2, -0.15) is 0 Å². The molecule has 0 bridgehead atoms. The van der Waals surface area contributed by atoms with E-state index in [9.17, 15) is 4.79 Å². The zero-order valence-corrected chi connectivity index (χ0v) is 17.6. The first-order chi connectivity index (χ1) is 13.5. The maximum atomic E-state index is 13.0. The molecule has 2 heterocycles. The van der Waals surface area contributed by atoms with Crippen LogP contribution in [-0.2, 0) is 6.54 Å². The van der Waals surface area contributed by atoms with E-state index in [2.05, 4.69) is 10.3 Å². The maximum absolute atomic E-state index is 13.0. The molecule has 7 heteroatoms. The number of halogens is 2. The Morgan fingerprint density at radius 1 is 1.21 bits per heavy atom. The minimum Gasteiger partial charge on any atom is -0.337 e. The van der Waals surface area contributed by atoms with Crippen LogP contribution in [-0.4, -0.2) is 15.5 Å². The van der Waals surface area contributed by atoms with Crippen molar-refractivity contribution in [1.29, 1.82) is 0 Å². The van der Waals surface area contributed by atoms with Gasteiger partial charge in [0, 0.05) is 33.4 Å². The van der Waals surface area contributed by atoms with Crippen molar-refractivity contribution in [1.82, 2.24) is 9.55 Å². The molecule has 0 spiro atoms. The number of anilines is 1. The fraction of sp³-hybridized carbons (Fsp3) is 0.143. The molecular formula is C21H17Cl2N3OS. The number of hydrogen-bond donors (Lipinski definition) is 1. The second-order valence-corrected chi connectivity index (χ2v) is 8.05. The van der Waals surface area contributed by atoms with Crippen LogP contribution in [0.4, 0.5) is 5.13 Å². The number of amides is 1. The van der Waals surface area contributed by atoms with Gasteiger partial charge in [-0.3, -0.25) is 10.1 Å². The van der Waals surface area contributed by atoms with E-state index in [4.69, 9.17) is 23.2 Å². The van der Waals surface area contributed by atoms with Crippen molar-refractivity contribution >= 4 is 56.5 Å². The number of nitrogens with one attached hydrogen (secondary N) is 1. The van der Waals surface area contributed by atoms with Gasteiger partial charge < -0.3 is 4.57 Å². The minimum absolute atomic E-state index is 0.168. The van der Waals surface area contributed by atoms with Gasteiger partial charge in [0.05, 0.1) is 10.7 Å². The van der Waals surface area contributed by atoms with Crippen LogP contribution >= 0.6 is 34.5 Å². The summed E-state index contributed by atoms with van der Waals surface area (Å²) in [5.74, 6) is -0.168. The molecule has 4 aromatic rings. The molecule has 0 aliphatic carbocycles. The average Bonchev–Trinajstić information content (AvgIpc) is 3.24. The number of benzene rings is 2. The van der Waals surface area contributed by atoms with E-state index in [-0.39, 0.29) is 5.91 Å². The molecule has 0 aliphatic rings.